The van der Waals surface area contributed by atoms with E-state index in [1.54, 1.807) is 85.2 Å². The number of aromatic nitrogens is 2. The largest absolute Gasteiger partial charge is 0.347 e. The first-order valence-corrected chi connectivity index (χ1v) is 10.4. The highest BCUT2D eigenvalue weighted by Crippen LogP contribution is 2.20. The van der Waals surface area contributed by atoms with Crippen molar-refractivity contribution >= 4 is 26.6 Å². The van der Waals surface area contributed by atoms with Crippen LogP contribution >= 0.6 is 0 Å². The molecule has 0 radical (unpaired) electrons. The Morgan fingerprint density at radius 1 is 0.862 bits per heavy atom. The van der Waals surface area contributed by atoms with Crippen molar-refractivity contribution in [3.63, 3.8) is 0 Å². The first-order chi connectivity index (χ1) is 14.0. The monoisotopic (exact) mass is 403 g/mol. The van der Waals surface area contributed by atoms with E-state index in [0.717, 1.165) is 10.9 Å². The van der Waals surface area contributed by atoms with Gasteiger partial charge in [-0.05, 0) is 48.0 Å². The molecule has 0 spiro atoms. The summed E-state index contributed by atoms with van der Waals surface area (Å²) in [4.78, 5) is 21.2. The fraction of sp³-hybridized carbons (Fsp3) is 0.0455. The van der Waals surface area contributed by atoms with Gasteiger partial charge in [0.2, 0.25) is 9.84 Å². The molecule has 0 atom stereocenters. The zero-order valence-corrected chi connectivity index (χ0v) is 16.1. The lowest BCUT2D eigenvalue weighted by molar-refractivity contribution is 0.0946. The molecule has 0 unspecified atom stereocenters. The van der Waals surface area contributed by atoms with E-state index in [2.05, 4.69) is 15.3 Å². The van der Waals surface area contributed by atoms with Gasteiger partial charge in [-0.25, -0.2) is 13.4 Å². The quantitative estimate of drug-likeness (QED) is 0.552. The van der Waals surface area contributed by atoms with Gasteiger partial charge in [-0.15, -0.1) is 0 Å². The molecule has 2 aromatic heterocycles. The number of fused-ring (bicyclic) bond motifs is 1. The van der Waals surface area contributed by atoms with Gasteiger partial charge in [0, 0.05) is 24.3 Å². The summed E-state index contributed by atoms with van der Waals surface area (Å²) >= 11 is 0. The molecule has 0 aliphatic rings. The van der Waals surface area contributed by atoms with Crippen molar-refractivity contribution in [3.8, 4) is 0 Å². The third kappa shape index (κ3) is 4.00. The van der Waals surface area contributed by atoms with Gasteiger partial charge in [0.15, 0.2) is 0 Å². The first kappa shape index (κ1) is 18.8. The van der Waals surface area contributed by atoms with E-state index in [9.17, 15) is 13.2 Å². The Labute approximate surface area is 168 Å². The van der Waals surface area contributed by atoms with Crippen LogP contribution in [0.15, 0.2) is 95.0 Å². The standard InChI is InChI=1S/C22H17N3O3S/c26-22(21-11-8-17-15-23-13-12-20(17)25-21)24-14-16-6-9-19(10-7-16)29(27,28)18-4-2-1-3-5-18/h1-13,15H,14H2,(H,24,26). The Balaban J connectivity index is 1.45. The lowest BCUT2D eigenvalue weighted by Crippen LogP contribution is -2.23. The zero-order chi connectivity index (χ0) is 20.3. The van der Waals surface area contributed by atoms with Gasteiger partial charge in [0.1, 0.15) is 5.69 Å². The van der Waals surface area contributed by atoms with Crippen molar-refractivity contribution in [1.82, 2.24) is 15.3 Å². The van der Waals surface area contributed by atoms with E-state index in [0.29, 0.717) is 11.2 Å². The fourth-order valence-electron chi connectivity index (χ4n) is 2.89. The van der Waals surface area contributed by atoms with Crippen molar-refractivity contribution in [2.45, 2.75) is 16.3 Å². The fourth-order valence-corrected chi connectivity index (χ4v) is 4.17. The Hall–Kier alpha value is -3.58. The topological polar surface area (TPSA) is 89.0 Å². The molecule has 29 heavy (non-hydrogen) atoms. The molecule has 2 aromatic carbocycles. The van der Waals surface area contributed by atoms with Crippen LogP contribution in [-0.4, -0.2) is 24.3 Å². The molecule has 2 heterocycles. The molecule has 4 rings (SSSR count). The van der Waals surface area contributed by atoms with Crippen molar-refractivity contribution in [2.24, 2.45) is 0 Å². The molecular weight excluding hydrogens is 386 g/mol. The van der Waals surface area contributed by atoms with E-state index in [4.69, 9.17) is 0 Å². The van der Waals surface area contributed by atoms with Gasteiger partial charge < -0.3 is 5.32 Å². The van der Waals surface area contributed by atoms with Gasteiger partial charge in [0.25, 0.3) is 5.91 Å². The van der Waals surface area contributed by atoms with Crippen LogP contribution < -0.4 is 5.32 Å². The van der Waals surface area contributed by atoms with Gasteiger partial charge in [0.05, 0.1) is 15.3 Å². The molecule has 0 bridgehead atoms. The van der Waals surface area contributed by atoms with Gasteiger partial charge in [-0.1, -0.05) is 30.3 Å². The Morgan fingerprint density at radius 3 is 2.34 bits per heavy atom. The van der Waals surface area contributed by atoms with Gasteiger partial charge in [-0.2, -0.15) is 0 Å². The van der Waals surface area contributed by atoms with Crippen molar-refractivity contribution in [2.75, 3.05) is 0 Å². The van der Waals surface area contributed by atoms with E-state index >= 15 is 0 Å². The molecule has 0 fully saturated rings. The normalized spacial score (nSPS) is 11.3. The number of hydrogen-bond acceptors (Lipinski definition) is 5. The van der Waals surface area contributed by atoms with E-state index in [-0.39, 0.29) is 22.2 Å². The summed E-state index contributed by atoms with van der Waals surface area (Å²) in [5, 5.41) is 3.66. The Bertz CT molecular complexity index is 1270. The maximum absolute atomic E-state index is 12.6. The van der Waals surface area contributed by atoms with Crippen LogP contribution in [-0.2, 0) is 16.4 Å². The molecule has 0 saturated carbocycles. The third-order valence-electron chi connectivity index (χ3n) is 4.46. The minimum Gasteiger partial charge on any atom is -0.347 e. The number of carbonyl (C=O) groups excluding carboxylic acids is 1. The van der Waals surface area contributed by atoms with Crippen LogP contribution in [0.3, 0.4) is 0 Å². The smallest absolute Gasteiger partial charge is 0.270 e. The van der Waals surface area contributed by atoms with Crippen LogP contribution in [0.5, 0.6) is 0 Å². The van der Waals surface area contributed by atoms with Gasteiger partial charge >= 0.3 is 0 Å². The number of nitrogens with zero attached hydrogens (tertiary/aromatic N) is 2. The number of rotatable bonds is 5. The average molecular weight is 403 g/mol. The van der Waals surface area contributed by atoms with Crippen molar-refractivity contribution < 1.29 is 13.2 Å². The number of hydrogen-bond donors (Lipinski definition) is 1. The molecule has 6 nitrogen and oxygen atoms in total. The number of amides is 1. The molecule has 1 N–H and O–H groups in total. The summed E-state index contributed by atoms with van der Waals surface area (Å²) in [7, 11) is -3.55. The highest BCUT2D eigenvalue weighted by Gasteiger charge is 2.17. The SMILES string of the molecule is O=C(NCc1ccc(S(=O)(=O)c2ccccc2)cc1)c1ccc2cnccc2n1. The first-order valence-electron chi connectivity index (χ1n) is 8.92. The number of pyridine rings is 2. The number of sulfone groups is 1. The second kappa shape index (κ2) is 7.81. The predicted molar refractivity (Wildman–Crippen MR) is 109 cm³/mol. The summed E-state index contributed by atoms with van der Waals surface area (Å²) in [6, 6.07) is 19.9. The lowest BCUT2D eigenvalue weighted by atomic mass is 10.2. The molecule has 4 aromatic rings. The maximum Gasteiger partial charge on any atom is 0.270 e. The van der Waals surface area contributed by atoms with Crippen molar-refractivity contribution in [3.05, 3.63) is 96.4 Å². The highest BCUT2D eigenvalue weighted by atomic mass is 32.2. The third-order valence-corrected chi connectivity index (χ3v) is 6.25. The van der Waals surface area contributed by atoms with Crippen LogP contribution in [0.2, 0.25) is 0 Å². The lowest BCUT2D eigenvalue weighted by Gasteiger charge is -2.08. The summed E-state index contributed by atoms with van der Waals surface area (Å²) in [6.07, 6.45) is 3.32. The number of nitrogens with one attached hydrogen (secondary N) is 1. The second-order valence-electron chi connectivity index (χ2n) is 6.41. The predicted octanol–water partition coefficient (Wildman–Crippen LogP) is 3.39. The van der Waals surface area contributed by atoms with Crippen LogP contribution in [0.4, 0.5) is 0 Å². The number of benzene rings is 2. The minimum absolute atomic E-state index is 0.212. The molecule has 7 heteroatoms. The number of carbonyl (C=O) groups is 1. The van der Waals surface area contributed by atoms with Crippen LogP contribution in [0, 0.1) is 0 Å². The average Bonchev–Trinajstić information content (AvgIpc) is 2.78. The zero-order valence-electron chi connectivity index (χ0n) is 15.3. The van der Waals surface area contributed by atoms with Crippen molar-refractivity contribution in [1.29, 1.82) is 0 Å². The molecular formula is C22H17N3O3S. The minimum atomic E-state index is -3.55. The van der Waals surface area contributed by atoms with E-state index in [1.165, 1.54) is 0 Å². The summed E-state index contributed by atoms with van der Waals surface area (Å²) in [6.45, 7) is 0.264. The van der Waals surface area contributed by atoms with Crippen LogP contribution in [0.1, 0.15) is 16.1 Å². The maximum atomic E-state index is 12.6. The Kier molecular flexibility index (Phi) is 5.05. The summed E-state index contributed by atoms with van der Waals surface area (Å²) < 4.78 is 25.2. The summed E-state index contributed by atoms with van der Waals surface area (Å²) in [5.74, 6) is -0.301. The molecule has 0 aliphatic heterocycles. The molecule has 0 aliphatic carbocycles. The molecule has 1 amide bonds. The summed E-state index contributed by atoms with van der Waals surface area (Å²) in [5.41, 5.74) is 1.80. The van der Waals surface area contributed by atoms with E-state index < -0.39 is 9.84 Å². The molecule has 0 saturated heterocycles. The van der Waals surface area contributed by atoms with Gasteiger partial charge in [-0.3, -0.25) is 9.78 Å². The Morgan fingerprint density at radius 2 is 1.59 bits per heavy atom. The molecule has 144 valence electrons. The highest BCUT2D eigenvalue weighted by molar-refractivity contribution is 7.91. The van der Waals surface area contributed by atoms with Crippen LogP contribution in [0.25, 0.3) is 10.9 Å². The van der Waals surface area contributed by atoms with E-state index in [1.807, 2.05) is 0 Å². The second-order valence-corrected chi connectivity index (χ2v) is 8.36.